The molecule has 0 spiro atoms. The van der Waals surface area contributed by atoms with Crippen LogP contribution in [0.2, 0.25) is 0 Å². The molecule has 2 fully saturated rings. The maximum absolute atomic E-state index is 11.7. The van der Waals surface area contributed by atoms with Gasteiger partial charge < -0.3 is 5.32 Å². The van der Waals surface area contributed by atoms with Crippen molar-refractivity contribution in [3.8, 4) is 0 Å². The summed E-state index contributed by atoms with van der Waals surface area (Å²) in [6, 6.07) is 0.323. The SMILES string of the molecule is CC(=O)C1CCC(NC(=O)C2CCC2)CC1. The number of hydrogen-bond donors (Lipinski definition) is 1. The van der Waals surface area contributed by atoms with Crippen LogP contribution in [0.5, 0.6) is 0 Å². The molecule has 3 heteroatoms. The maximum Gasteiger partial charge on any atom is 0.223 e. The minimum atomic E-state index is 0.247. The molecule has 1 N–H and O–H groups in total. The normalized spacial score (nSPS) is 30.6. The molecule has 0 aromatic carbocycles. The molecular weight excluding hydrogens is 202 g/mol. The molecule has 0 saturated heterocycles. The van der Waals surface area contributed by atoms with Gasteiger partial charge in [0.25, 0.3) is 0 Å². The van der Waals surface area contributed by atoms with Gasteiger partial charge in [0.05, 0.1) is 0 Å². The Balaban J connectivity index is 1.72. The van der Waals surface area contributed by atoms with Crippen LogP contribution in [-0.4, -0.2) is 17.7 Å². The highest BCUT2D eigenvalue weighted by Crippen LogP contribution is 2.28. The summed E-state index contributed by atoms with van der Waals surface area (Å²) in [5.41, 5.74) is 0. The number of amides is 1. The molecule has 2 rings (SSSR count). The monoisotopic (exact) mass is 223 g/mol. The van der Waals surface area contributed by atoms with E-state index in [1.165, 1.54) is 6.42 Å². The van der Waals surface area contributed by atoms with Crippen LogP contribution in [0.3, 0.4) is 0 Å². The number of carbonyl (C=O) groups excluding carboxylic acids is 2. The average molecular weight is 223 g/mol. The van der Waals surface area contributed by atoms with Gasteiger partial charge in [0.2, 0.25) is 5.91 Å². The van der Waals surface area contributed by atoms with E-state index in [-0.39, 0.29) is 17.7 Å². The van der Waals surface area contributed by atoms with Crippen molar-refractivity contribution >= 4 is 11.7 Å². The Hall–Kier alpha value is -0.860. The maximum atomic E-state index is 11.7. The second-order valence-corrected chi connectivity index (χ2v) is 5.30. The lowest BCUT2D eigenvalue weighted by Crippen LogP contribution is -2.43. The zero-order valence-electron chi connectivity index (χ0n) is 10.00. The van der Waals surface area contributed by atoms with Crippen LogP contribution in [0.4, 0.5) is 0 Å². The van der Waals surface area contributed by atoms with Gasteiger partial charge in [-0.1, -0.05) is 6.42 Å². The molecule has 0 radical (unpaired) electrons. The fourth-order valence-corrected chi connectivity index (χ4v) is 2.63. The summed E-state index contributed by atoms with van der Waals surface area (Å²) in [4.78, 5) is 22.9. The standard InChI is InChI=1S/C13H21NO2/c1-9(15)10-5-7-12(8-6-10)14-13(16)11-3-2-4-11/h10-12H,2-8H2,1H3,(H,14,16). The summed E-state index contributed by atoms with van der Waals surface area (Å²) < 4.78 is 0. The predicted octanol–water partition coefficient (Wildman–Crippen LogP) is 2.05. The fourth-order valence-electron chi connectivity index (χ4n) is 2.63. The third-order valence-electron chi connectivity index (χ3n) is 4.12. The first-order chi connectivity index (χ1) is 7.66. The summed E-state index contributed by atoms with van der Waals surface area (Å²) in [5.74, 6) is 1.09. The molecule has 0 aromatic heterocycles. The van der Waals surface area contributed by atoms with E-state index in [4.69, 9.17) is 0 Å². The third kappa shape index (κ3) is 2.63. The Kier molecular flexibility index (Phi) is 3.62. The third-order valence-corrected chi connectivity index (χ3v) is 4.12. The summed E-state index contributed by atoms with van der Waals surface area (Å²) in [7, 11) is 0. The molecule has 2 saturated carbocycles. The topological polar surface area (TPSA) is 46.2 Å². The van der Waals surface area contributed by atoms with Crippen molar-refractivity contribution in [3.63, 3.8) is 0 Å². The van der Waals surface area contributed by atoms with Gasteiger partial charge in [0, 0.05) is 17.9 Å². The molecule has 90 valence electrons. The first kappa shape index (κ1) is 11.6. The van der Waals surface area contributed by atoms with E-state index < -0.39 is 0 Å². The highest BCUT2D eigenvalue weighted by Gasteiger charge is 2.29. The van der Waals surface area contributed by atoms with Crippen LogP contribution < -0.4 is 5.32 Å². The molecule has 0 heterocycles. The number of carbonyl (C=O) groups is 2. The minimum absolute atomic E-state index is 0.247. The van der Waals surface area contributed by atoms with Crippen molar-refractivity contribution in [1.29, 1.82) is 0 Å². The molecule has 3 nitrogen and oxygen atoms in total. The molecule has 0 unspecified atom stereocenters. The average Bonchev–Trinajstić information content (AvgIpc) is 2.15. The van der Waals surface area contributed by atoms with E-state index in [2.05, 4.69) is 5.32 Å². The van der Waals surface area contributed by atoms with Crippen LogP contribution in [0.15, 0.2) is 0 Å². The van der Waals surface area contributed by atoms with Gasteiger partial charge in [-0.2, -0.15) is 0 Å². The second-order valence-electron chi connectivity index (χ2n) is 5.30. The van der Waals surface area contributed by atoms with E-state index in [1.54, 1.807) is 6.92 Å². The van der Waals surface area contributed by atoms with E-state index in [9.17, 15) is 9.59 Å². The van der Waals surface area contributed by atoms with Crippen molar-refractivity contribution in [2.45, 2.75) is 57.9 Å². The Morgan fingerprint density at radius 1 is 0.938 bits per heavy atom. The zero-order valence-corrected chi connectivity index (χ0v) is 10.00. The number of Topliss-reactive ketones (excluding diaryl/α,β-unsaturated/α-hetero) is 1. The molecular formula is C13H21NO2. The quantitative estimate of drug-likeness (QED) is 0.796. The van der Waals surface area contributed by atoms with Crippen molar-refractivity contribution in [3.05, 3.63) is 0 Å². The smallest absolute Gasteiger partial charge is 0.223 e. The van der Waals surface area contributed by atoms with Crippen molar-refractivity contribution in [1.82, 2.24) is 5.32 Å². The molecule has 2 aliphatic carbocycles. The van der Waals surface area contributed by atoms with Gasteiger partial charge in [-0.25, -0.2) is 0 Å². The van der Waals surface area contributed by atoms with Crippen molar-refractivity contribution in [2.75, 3.05) is 0 Å². The van der Waals surface area contributed by atoms with Crippen LogP contribution in [-0.2, 0) is 9.59 Å². The van der Waals surface area contributed by atoms with Crippen LogP contribution in [0.1, 0.15) is 51.9 Å². The van der Waals surface area contributed by atoms with E-state index in [0.29, 0.717) is 11.8 Å². The van der Waals surface area contributed by atoms with Gasteiger partial charge in [0.1, 0.15) is 5.78 Å². The molecule has 0 aliphatic heterocycles. The second kappa shape index (κ2) is 4.98. The summed E-state index contributed by atoms with van der Waals surface area (Å²) in [5, 5.41) is 3.13. The first-order valence-corrected chi connectivity index (χ1v) is 6.47. The largest absolute Gasteiger partial charge is 0.353 e. The molecule has 16 heavy (non-hydrogen) atoms. The lowest BCUT2D eigenvalue weighted by molar-refractivity contribution is -0.128. The van der Waals surface area contributed by atoms with Crippen molar-refractivity contribution in [2.24, 2.45) is 11.8 Å². The van der Waals surface area contributed by atoms with Gasteiger partial charge >= 0.3 is 0 Å². The summed E-state index contributed by atoms with van der Waals surface area (Å²) >= 11 is 0. The molecule has 2 aliphatic rings. The zero-order chi connectivity index (χ0) is 11.5. The van der Waals surface area contributed by atoms with Gasteiger partial charge in [-0.05, 0) is 45.4 Å². The van der Waals surface area contributed by atoms with Gasteiger partial charge in [-0.15, -0.1) is 0 Å². The highest BCUT2D eigenvalue weighted by molar-refractivity contribution is 5.80. The number of ketones is 1. The van der Waals surface area contributed by atoms with Gasteiger partial charge in [0.15, 0.2) is 0 Å². The van der Waals surface area contributed by atoms with E-state index in [1.807, 2.05) is 0 Å². The van der Waals surface area contributed by atoms with Gasteiger partial charge in [-0.3, -0.25) is 9.59 Å². The van der Waals surface area contributed by atoms with E-state index >= 15 is 0 Å². The summed E-state index contributed by atoms with van der Waals surface area (Å²) in [6.45, 7) is 1.68. The fraction of sp³-hybridized carbons (Fsp3) is 0.846. The lowest BCUT2D eigenvalue weighted by Gasteiger charge is -2.31. The lowest BCUT2D eigenvalue weighted by atomic mass is 9.82. The number of nitrogens with one attached hydrogen (secondary N) is 1. The Bertz CT molecular complexity index is 276. The van der Waals surface area contributed by atoms with Crippen LogP contribution >= 0.6 is 0 Å². The van der Waals surface area contributed by atoms with Crippen LogP contribution in [0.25, 0.3) is 0 Å². The Morgan fingerprint density at radius 2 is 1.56 bits per heavy atom. The molecule has 0 aromatic rings. The highest BCUT2D eigenvalue weighted by atomic mass is 16.2. The number of hydrogen-bond acceptors (Lipinski definition) is 2. The first-order valence-electron chi connectivity index (χ1n) is 6.47. The molecule has 1 amide bonds. The Morgan fingerprint density at radius 3 is 2.00 bits per heavy atom. The predicted molar refractivity (Wildman–Crippen MR) is 61.9 cm³/mol. The molecule has 0 atom stereocenters. The molecule has 0 bridgehead atoms. The van der Waals surface area contributed by atoms with Crippen LogP contribution in [0, 0.1) is 11.8 Å². The Labute approximate surface area is 97.0 Å². The van der Waals surface area contributed by atoms with Crippen molar-refractivity contribution < 1.29 is 9.59 Å². The summed E-state index contributed by atoms with van der Waals surface area (Å²) in [6.07, 6.45) is 7.18. The number of rotatable bonds is 3. The minimum Gasteiger partial charge on any atom is -0.353 e. The van der Waals surface area contributed by atoms with E-state index in [0.717, 1.165) is 38.5 Å².